The maximum absolute atomic E-state index is 12.9. The second-order valence-corrected chi connectivity index (χ2v) is 6.67. The van der Waals surface area contributed by atoms with E-state index in [2.05, 4.69) is 27.8 Å². The Balaban J connectivity index is 2.03. The van der Waals surface area contributed by atoms with Crippen LogP contribution in [-0.4, -0.2) is 29.6 Å². The number of phenols is 1. The number of carbonyl (C=O) groups is 3. The van der Waals surface area contributed by atoms with Crippen LogP contribution in [0.15, 0.2) is 65.2 Å². The Kier molecular flexibility index (Phi) is 5.60. The van der Waals surface area contributed by atoms with Crippen molar-refractivity contribution in [3.63, 3.8) is 0 Å². The van der Waals surface area contributed by atoms with E-state index in [1.165, 1.54) is 30.3 Å². The van der Waals surface area contributed by atoms with Crippen molar-refractivity contribution in [2.45, 2.75) is 0 Å². The zero-order chi connectivity index (χ0) is 20.3. The largest absolute Gasteiger partial charge is 0.508 e. The number of nitrogens with zero attached hydrogens (tertiary/aromatic N) is 1. The van der Waals surface area contributed by atoms with Crippen LogP contribution < -0.4 is 15.0 Å². The molecule has 8 heteroatoms. The van der Waals surface area contributed by atoms with Gasteiger partial charge in [-0.05, 0) is 48.5 Å². The molecule has 1 aliphatic heterocycles. The van der Waals surface area contributed by atoms with Gasteiger partial charge in [0.2, 0.25) is 0 Å². The Morgan fingerprint density at radius 3 is 2.54 bits per heavy atom. The fourth-order valence-electron chi connectivity index (χ4n) is 2.56. The molecule has 0 atom stereocenters. The van der Waals surface area contributed by atoms with E-state index in [0.29, 0.717) is 11.3 Å². The summed E-state index contributed by atoms with van der Waals surface area (Å²) in [6, 6.07) is 9.75. The van der Waals surface area contributed by atoms with E-state index in [0.717, 1.165) is 9.37 Å². The number of hydrogen-bond acceptors (Lipinski definition) is 5. The first-order chi connectivity index (χ1) is 13.4. The van der Waals surface area contributed by atoms with Crippen molar-refractivity contribution >= 4 is 45.5 Å². The summed E-state index contributed by atoms with van der Waals surface area (Å²) in [4.78, 5) is 38.2. The quantitative estimate of drug-likeness (QED) is 0.420. The summed E-state index contributed by atoms with van der Waals surface area (Å²) in [5.74, 6) is -1.16. The number of halogens is 1. The molecule has 0 saturated carbocycles. The topological polar surface area (TPSA) is 95.9 Å². The van der Waals surface area contributed by atoms with Gasteiger partial charge in [-0.15, -0.1) is 0 Å². The molecular weight excluding hydrogens is 428 g/mol. The number of hydrogen-bond donors (Lipinski definition) is 2. The Bertz CT molecular complexity index is 998. The summed E-state index contributed by atoms with van der Waals surface area (Å²) in [6.45, 7) is 3.84. The van der Waals surface area contributed by atoms with Gasteiger partial charge in [-0.2, -0.15) is 0 Å². The highest BCUT2D eigenvalue weighted by Gasteiger charge is 2.37. The fourth-order valence-corrected chi connectivity index (χ4v) is 2.94. The van der Waals surface area contributed by atoms with Gasteiger partial charge in [0.15, 0.2) is 0 Å². The van der Waals surface area contributed by atoms with Gasteiger partial charge in [0.25, 0.3) is 11.8 Å². The molecule has 2 aromatic carbocycles. The van der Waals surface area contributed by atoms with Crippen LogP contribution in [0.3, 0.4) is 0 Å². The molecule has 0 unspecified atom stereocenters. The van der Waals surface area contributed by atoms with Crippen LogP contribution in [-0.2, 0) is 9.59 Å². The minimum Gasteiger partial charge on any atom is -0.508 e. The molecule has 28 heavy (non-hydrogen) atoms. The first-order valence-electron chi connectivity index (χ1n) is 8.14. The second kappa shape index (κ2) is 8.10. The van der Waals surface area contributed by atoms with Gasteiger partial charge < -0.3 is 9.84 Å². The van der Waals surface area contributed by atoms with E-state index in [4.69, 9.17) is 4.74 Å². The molecule has 1 saturated heterocycles. The zero-order valence-corrected chi connectivity index (χ0v) is 16.1. The number of anilines is 1. The van der Waals surface area contributed by atoms with Crippen molar-refractivity contribution < 1.29 is 24.2 Å². The van der Waals surface area contributed by atoms with Crippen LogP contribution in [0.25, 0.3) is 6.08 Å². The van der Waals surface area contributed by atoms with E-state index in [1.54, 1.807) is 24.3 Å². The summed E-state index contributed by atoms with van der Waals surface area (Å²) >= 11 is 3.35. The van der Waals surface area contributed by atoms with Crippen molar-refractivity contribution in [3.05, 3.63) is 70.7 Å². The SMILES string of the molecule is C=CCOc1ccc(Br)cc1/C=C1\C(=O)NC(=O)N(c2ccc(O)cc2)C1=O. The molecule has 2 aromatic rings. The molecule has 1 heterocycles. The van der Waals surface area contributed by atoms with Crippen molar-refractivity contribution in [1.82, 2.24) is 5.32 Å². The summed E-state index contributed by atoms with van der Waals surface area (Å²) in [5.41, 5.74) is 0.472. The lowest BCUT2D eigenvalue weighted by Crippen LogP contribution is -2.54. The van der Waals surface area contributed by atoms with Gasteiger partial charge in [0.1, 0.15) is 23.7 Å². The number of urea groups is 1. The highest BCUT2D eigenvalue weighted by molar-refractivity contribution is 9.10. The zero-order valence-electron chi connectivity index (χ0n) is 14.5. The van der Waals surface area contributed by atoms with Crippen molar-refractivity contribution in [3.8, 4) is 11.5 Å². The Hall–Kier alpha value is -3.39. The van der Waals surface area contributed by atoms with Crippen LogP contribution in [0.5, 0.6) is 11.5 Å². The molecule has 7 nitrogen and oxygen atoms in total. The number of benzene rings is 2. The number of ether oxygens (including phenoxy) is 1. The molecule has 3 rings (SSSR count). The monoisotopic (exact) mass is 442 g/mol. The van der Waals surface area contributed by atoms with Gasteiger partial charge in [-0.25, -0.2) is 9.69 Å². The summed E-state index contributed by atoms with van der Waals surface area (Å²) < 4.78 is 6.29. The third-order valence-electron chi connectivity index (χ3n) is 3.84. The van der Waals surface area contributed by atoms with E-state index < -0.39 is 17.8 Å². The number of rotatable bonds is 5. The highest BCUT2D eigenvalue weighted by atomic mass is 79.9. The lowest BCUT2D eigenvalue weighted by Gasteiger charge is -2.26. The number of nitrogens with one attached hydrogen (secondary N) is 1. The minimum atomic E-state index is -0.866. The predicted octanol–water partition coefficient (Wildman–Crippen LogP) is 3.39. The number of barbiturate groups is 1. The normalized spacial score (nSPS) is 15.5. The number of carbonyl (C=O) groups excluding carboxylic acids is 3. The summed E-state index contributed by atoms with van der Waals surface area (Å²) in [5, 5.41) is 11.6. The molecule has 2 N–H and O–H groups in total. The number of phenolic OH excluding ortho intramolecular Hbond substituents is 1. The average Bonchev–Trinajstić information content (AvgIpc) is 2.66. The molecular formula is C20H15BrN2O5. The van der Waals surface area contributed by atoms with E-state index >= 15 is 0 Å². The van der Waals surface area contributed by atoms with Crippen LogP contribution in [0.2, 0.25) is 0 Å². The second-order valence-electron chi connectivity index (χ2n) is 5.76. The van der Waals surface area contributed by atoms with Crippen LogP contribution in [0.4, 0.5) is 10.5 Å². The van der Waals surface area contributed by atoms with Crippen LogP contribution >= 0.6 is 15.9 Å². The molecule has 142 valence electrons. The van der Waals surface area contributed by atoms with E-state index in [9.17, 15) is 19.5 Å². The smallest absolute Gasteiger partial charge is 0.335 e. The van der Waals surface area contributed by atoms with Crippen LogP contribution in [0.1, 0.15) is 5.56 Å². The number of imide groups is 2. The fraction of sp³-hybridized carbons (Fsp3) is 0.0500. The molecule has 0 bridgehead atoms. The number of aromatic hydroxyl groups is 1. The maximum atomic E-state index is 12.9. The van der Waals surface area contributed by atoms with E-state index in [1.807, 2.05) is 0 Å². The standard InChI is InChI=1S/C20H15BrN2O5/c1-2-9-28-17-8-3-13(21)10-12(17)11-16-18(25)22-20(27)23(19(16)26)14-4-6-15(24)7-5-14/h2-8,10-11,24H,1,9H2,(H,22,25,27)/b16-11+. The summed E-state index contributed by atoms with van der Waals surface area (Å²) in [7, 11) is 0. The number of amides is 4. The van der Waals surface area contributed by atoms with Gasteiger partial charge >= 0.3 is 6.03 Å². The molecule has 1 aliphatic rings. The van der Waals surface area contributed by atoms with Crippen molar-refractivity contribution in [2.24, 2.45) is 0 Å². The lowest BCUT2D eigenvalue weighted by molar-refractivity contribution is -0.122. The van der Waals surface area contributed by atoms with Gasteiger partial charge in [0.05, 0.1) is 5.69 Å². The summed E-state index contributed by atoms with van der Waals surface area (Å²) in [6.07, 6.45) is 2.93. The Morgan fingerprint density at radius 1 is 1.14 bits per heavy atom. The van der Waals surface area contributed by atoms with Gasteiger partial charge in [-0.3, -0.25) is 14.9 Å². The molecule has 0 aliphatic carbocycles. The predicted molar refractivity (Wildman–Crippen MR) is 107 cm³/mol. The highest BCUT2D eigenvalue weighted by Crippen LogP contribution is 2.28. The molecule has 0 spiro atoms. The third kappa shape index (κ3) is 3.96. The van der Waals surface area contributed by atoms with Gasteiger partial charge in [0, 0.05) is 10.0 Å². The van der Waals surface area contributed by atoms with Crippen molar-refractivity contribution in [2.75, 3.05) is 11.5 Å². The maximum Gasteiger partial charge on any atom is 0.335 e. The average molecular weight is 443 g/mol. The lowest BCUT2D eigenvalue weighted by atomic mass is 10.1. The molecule has 4 amide bonds. The Labute approximate surface area is 169 Å². The van der Waals surface area contributed by atoms with Crippen molar-refractivity contribution in [1.29, 1.82) is 0 Å². The van der Waals surface area contributed by atoms with Crippen LogP contribution in [0, 0.1) is 0 Å². The molecule has 0 aromatic heterocycles. The minimum absolute atomic E-state index is 0.0152. The molecule has 1 fully saturated rings. The van der Waals surface area contributed by atoms with Gasteiger partial charge in [-0.1, -0.05) is 28.6 Å². The first-order valence-corrected chi connectivity index (χ1v) is 8.93. The first kappa shape index (κ1) is 19.4. The van der Waals surface area contributed by atoms with E-state index in [-0.39, 0.29) is 23.6 Å². The third-order valence-corrected chi connectivity index (χ3v) is 4.33. The Morgan fingerprint density at radius 2 is 1.86 bits per heavy atom. The molecule has 0 radical (unpaired) electrons.